The van der Waals surface area contributed by atoms with E-state index in [1.54, 1.807) is 0 Å². The van der Waals surface area contributed by atoms with E-state index < -0.39 is 11.7 Å². The van der Waals surface area contributed by atoms with Crippen molar-refractivity contribution in [1.29, 1.82) is 0 Å². The molecule has 0 unspecified atom stereocenters. The van der Waals surface area contributed by atoms with Crippen molar-refractivity contribution in [3.8, 4) is 0 Å². The molecule has 1 aromatic rings. The largest absolute Gasteiger partial charge is 0.444 e. The minimum absolute atomic E-state index is 0.158. The van der Waals surface area contributed by atoms with Crippen LogP contribution in [0.15, 0.2) is 30.3 Å². The number of carbonyl (C=O) groups is 1. The molecule has 4 N–H and O–H groups in total. The van der Waals surface area contributed by atoms with Gasteiger partial charge in [0, 0.05) is 0 Å². The lowest BCUT2D eigenvalue weighted by Crippen LogP contribution is -2.34. The molecular formula is C13H20N2O2. The van der Waals surface area contributed by atoms with Crippen LogP contribution in [0.25, 0.3) is 0 Å². The summed E-state index contributed by atoms with van der Waals surface area (Å²) < 4.78 is 5.07. The van der Waals surface area contributed by atoms with Crippen molar-refractivity contribution in [2.75, 3.05) is 6.54 Å². The molecule has 0 aliphatic rings. The lowest BCUT2D eigenvalue weighted by Gasteiger charge is -2.28. The van der Waals surface area contributed by atoms with E-state index in [4.69, 9.17) is 16.2 Å². The molecule has 1 rings (SSSR count). The summed E-state index contributed by atoms with van der Waals surface area (Å²) in [5.41, 5.74) is 11.4. The molecule has 0 aliphatic carbocycles. The molecule has 0 aliphatic heterocycles. The molecule has 4 nitrogen and oxygen atoms in total. The maximum atomic E-state index is 10.8. The number of rotatable bonds is 5. The third-order valence-electron chi connectivity index (χ3n) is 2.67. The molecule has 94 valence electrons. The van der Waals surface area contributed by atoms with Crippen LogP contribution < -0.4 is 11.5 Å². The molecule has 0 radical (unpaired) electrons. The average Bonchev–Trinajstić information content (AvgIpc) is 2.25. The van der Waals surface area contributed by atoms with Crippen LogP contribution in [-0.4, -0.2) is 18.2 Å². The van der Waals surface area contributed by atoms with Crippen LogP contribution in [0.1, 0.15) is 31.7 Å². The Balaban J connectivity index is 2.73. The molecule has 1 amide bonds. The van der Waals surface area contributed by atoms with Gasteiger partial charge < -0.3 is 16.2 Å². The van der Waals surface area contributed by atoms with Gasteiger partial charge in [-0.25, -0.2) is 4.79 Å². The number of carbonyl (C=O) groups excluding carboxylic acids is 1. The maximum absolute atomic E-state index is 10.8. The highest BCUT2D eigenvalue weighted by atomic mass is 16.6. The highest BCUT2D eigenvalue weighted by Gasteiger charge is 2.26. The van der Waals surface area contributed by atoms with Crippen molar-refractivity contribution in [2.45, 2.75) is 31.8 Å². The number of primary amides is 1. The molecule has 0 saturated heterocycles. The zero-order chi connectivity index (χ0) is 12.9. The first-order valence-electron chi connectivity index (χ1n) is 5.68. The van der Waals surface area contributed by atoms with Crippen LogP contribution in [0.5, 0.6) is 0 Å². The van der Waals surface area contributed by atoms with Gasteiger partial charge >= 0.3 is 6.09 Å². The van der Waals surface area contributed by atoms with Gasteiger partial charge in [0.15, 0.2) is 0 Å². The standard InChI is InChI=1S/C13H20N2O2/c1-13(2,17-12(15)16)8-11(9-14)10-6-4-3-5-7-10/h3-7,11H,8-9,14H2,1-2H3,(H2,15,16)/t11-/m0/s1. The number of amides is 1. The smallest absolute Gasteiger partial charge is 0.405 e. The Labute approximate surface area is 102 Å². The molecule has 0 fully saturated rings. The van der Waals surface area contributed by atoms with Gasteiger partial charge in [-0.3, -0.25) is 0 Å². The van der Waals surface area contributed by atoms with Crippen LogP contribution in [0.2, 0.25) is 0 Å². The molecule has 1 aromatic carbocycles. The summed E-state index contributed by atoms with van der Waals surface area (Å²) in [6, 6.07) is 9.96. The zero-order valence-corrected chi connectivity index (χ0v) is 10.3. The Hall–Kier alpha value is -1.55. The molecular weight excluding hydrogens is 216 g/mol. The first-order chi connectivity index (χ1) is 7.94. The first kappa shape index (κ1) is 13.5. The van der Waals surface area contributed by atoms with Gasteiger partial charge in [-0.1, -0.05) is 30.3 Å². The van der Waals surface area contributed by atoms with E-state index in [9.17, 15) is 4.79 Å². The molecule has 0 bridgehead atoms. The van der Waals surface area contributed by atoms with Crippen LogP contribution in [0.4, 0.5) is 4.79 Å². The van der Waals surface area contributed by atoms with E-state index in [-0.39, 0.29) is 5.92 Å². The quantitative estimate of drug-likeness (QED) is 0.820. The van der Waals surface area contributed by atoms with Gasteiger partial charge in [-0.05, 0) is 38.3 Å². The summed E-state index contributed by atoms with van der Waals surface area (Å²) >= 11 is 0. The Morgan fingerprint density at radius 3 is 2.41 bits per heavy atom. The second-order valence-electron chi connectivity index (χ2n) is 4.73. The molecule has 0 spiro atoms. The predicted octanol–water partition coefficient (Wildman–Crippen LogP) is 1.99. The first-order valence-corrected chi connectivity index (χ1v) is 5.68. The fraction of sp³-hybridized carbons (Fsp3) is 0.462. The fourth-order valence-corrected chi connectivity index (χ4v) is 1.97. The summed E-state index contributed by atoms with van der Waals surface area (Å²) in [7, 11) is 0. The minimum atomic E-state index is -0.751. The lowest BCUT2D eigenvalue weighted by molar-refractivity contribution is 0.0342. The maximum Gasteiger partial charge on any atom is 0.405 e. The zero-order valence-electron chi connectivity index (χ0n) is 10.3. The third kappa shape index (κ3) is 4.44. The van der Waals surface area contributed by atoms with E-state index in [1.165, 1.54) is 0 Å². The van der Waals surface area contributed by atoms with Gasteiger partial charge in [0.25, 0.3) is 0 Å². The summed E-state index contributed by atoms with van der Waals surface area (Å²) in [6.07, 6.45) is -0.102. The number of ether oxygens (including phenoxy) is 1. The van der Waals surface area contributed by atoms with Crippen molar-refractivity contribution in [3.05, 3.63) is 35.9 Å². The topological polar surface area (TPSA) is 78.3 Å². The van der Waals surface area contributed by atoms with Crippen molar-refractivity contribution in [3.63, 3.8) is 0 Å². The minimum Gasteiger partial charge on any atom is -0.444 e. The number of benzene rings is 1. The summed E-state index contributed by atoms with van der Waals surface area (Å²) in [5, 5.41) is 0. The summed E-state index contributed by atoms with van der Waals surface area (Å²) in [5.74, 6) is 0.158. The molecule has 17 heavy (non-hydrogen) atoms. The van der Waals surface area contributed by atoms with Gasteiger partial charge in [0.1, 0.15) is 5.60 Å². The van der Waals surface area contributed by atoms with Crippen LogP contribution >= 0.6 is 0 Å². The van der Waals surface area contributed by atoms with E-state index >= 15 is 0 Å². The van der Waals surface area contributed by atoms with Crippen LogP contribution in [0.3, 0.4) is 0 Å². The molecule has 0 saturated carbocycles. The third-order valence-corrected chi connectivity index (χ3v) is 2.67. The van der Waals surface area contributed by atoms with Crippen LogP contribution in [0, 0.1) is 0 Å². The Bertz CT molecular complexity index is 363. The van der Waals surface area contributed by atoms with E-state index in [0.717, 1.165) is 5.56 Å². The van der Waals surface area contributed by atoms with Crippen molar-refractivity contribution < 1.29 is 9.53 Å². The second-order valence-corrected chi connectivity index (χ2v) is 4.73. The van der Waals surface area contributed by atoms with Gasteiger partial charge in [-0.2, -0.15) is 0 Å². The molecule has 0 aromatic heterocycles. The predicted molar refractivity (Wildman–Crippen MR) is 67.6 cm³/mol. The lowest BCUT2D eigenvalue weighted by atomic mass is 9.88. The molecule has 1 atom stereocenters. The number of hydrogen-bond donors (Lipinski definition) is 2. The van der Waals surface area contributed by atoms with Gasteiger partial charge in [-0.15, -0.1) is 0 Å². The van der Waals surface area contributed by atoms with Crippen molar-refractivity contribution in [1.82, 2.24) is 0 Å². The van der Waals surface area contributed by atoms with E-state index in [2.05, 4.69) is 0 Å². The Morgan fingerprint density at radius 2 is 1.94 bits per heavy atom. The van der Waals surface area contributed by atoms with Crippen molar-refractivity contribution >= 4 is 6.09 Å². The van der Waals surface area contributed by atoms with E-state index in [1.807, 2.05) is 44.2 Å². The highest BCUT2D eigenvalue weighted by Crippen LogP contribution is 2.27. The van der Waals surface area contributed by atoms with Gasteiger partial charge in [0.2, 0.25) is 0 Å². The highest BCUT2D eigenvalue weighted by molar-refractivity contribution is 5.65. The Morgan fingerprint density at radius 1 is 1.35 bits per heavy atom. The Kier molecular flexibility index (Phi) is 4.52. The molecule has 0 heterocycles. The number of hydrogen-bond acceptors (Lipinski definition) is 3. The van der Waals surface area contributed by atoms with E-state index in [0.29, 0.717) is 13.0 Å². The normalized spacial score (nSPS) is 13.1. The average molecular weight is 236 g/mol. The van der Waals surface area contributed by atoms with Crippen molar-refractivity contribution in [2.24, 2.45) is 11.5 Å². The van der Waals surface area contributed by atoms with Gasteiger partial charge in [0.05, 0.1) is 0 Å². The monoisotopic (exact) mass is 236 g/mol. The SMILES string of the molecule is CC(C)(C[C@@H](CN)c1ccccc1)OC(N)=O. The fourth-order valence-electron chi connectivity index (χ4n) is 1.97. The van der Waals surface area contributed by atoms with Crippen LogP contribution in [-0.2, 0) is 4.74 Å². The summed E-state index contributed by atoms with van der Waals surface area (Å²) in [6.45, 7) is 4.18. The summed E-state index contributed by atoms with van der Waals surface area (Å²) in [4.78, 5) is 10.8. The molecule has 4 heteroatoms. The number of nitrogens with two attached hydrogens (primary N) is 2. The second kappa shape index (κ2) is 5.68.